The minimum Gasteiger partial charge on any atom is -0.383 e. The zero-order valence-corrected chi connectivity index (χ0v) is 8.81. The predicted octanol–water partition coefficient (Wildman–Crippen LogP) is 1.49. The van der Waals surface area contributed by atoms with E-state index in [2.05, 4.69) is 16.6 Å². The molecule has 5 nitrogen and oxygen atoms in total. The molecule has 1 aromatic rings. The van der Waals surface area contributed by atoms with Crippen molar-refractivity contribution in [2.24, 2.45) is 10.7 Å². The summed E-state index contributed by atoms with van der Waals surface area (Å²) < 4.78 is 0. The molecule has 5 heteroatoms. The van der Waals surface area contributed by atoms with Crippen molar-refractivity contribution in [3.05, 3.63) is 36.3 Å². The normalized spacial score (nSPS) is 13.7. The summed E-state index contributed by atoms with van der Waals surface area (Å²) in [6.45, 7) is 7.51. The highest BCUT2D eigenvalue weighted by atomic mass is 16.5. The highest BCUT2D eigenvalue weighted by molar-refractivity contribution is 6.03. The standard InChI is InChI=1S/C8H8N4O.C2H6/c1-5-11-7(9)6-3-2-4-10-8(6)12(5)13;1-2/h2-4,13H,1H2,(H2,9,11);1-2H3. The molecule has 1 aliphatic rings. The van der Waals surface area contributed by atoms with Crippen LogP contribution in [0.15, 0.2) is 35.7 Å². The molecule has 0 aromatic carbocycles. The number of hydrogen-bond acceptors (Lipinski definition) is 5. The fourth-order valence-electron chi connectivity index (χ4n) is 1.13. The Morgan fingerprint density at radius 1 is 1.47 bits per heavy atom. The lowest BCUT2D eigenvalue weighted by molar-refractivity contribution is 0.278. The van der Waals surface area contributed by atoms with Crippen LogP contribution in [0.25, 0.3) is 0 Å². The summed E-state index contributed by atoms with van der Waals surface area (Å²) in [5, 5.41) is 10.3. The van der Waals surface area contributed by atoms with Gasteiger partial charge in [0, 0.05) is 6.20 Å². The Hall–Kier alpha value is -1.88. The van der Waals surface area contributed by atoms with Crippen molar-refractivity contribution in [2.75, 3.05) is 5.06 Å². The van der Waals surface area contributed by atoms with Crippen molar-refractivity contribution in [3.8, 4) is 0 Å². The summed E-state index contributed by atoms with van der Waals surface area (Å²) in [4.78, 5) is 7.80. The van der Waals surface area contributed by atoms with Gasteiger partial charge in [0.15, 0.2) is 11.6 Å². The summed E-state index contributed by atoms with van der Waals surface area (Å²) in [6, 6.07) is 3.46. The minimum atomic E-state index is 0.170. The molecule has 2 heterocycles. The van der Waals surface area contributed by atoms with E-state index in [9.17, 15) is 5.21 Å². The second kappa shape index (κ2) is 4.56. The van der Waals surface area contributed by atoms with Gasteiger partial charge in [0.25, 0.3) is 0 Å². The lowest BCUT2D eigenvalue weighted by Crippen LogP contribution is -2.29. The van der Waals surface area contributed by atoms with Crippen LogP contribution in [0.5, 0.6) is 0 Å². The first kappa shape index (κ1) is 11.2. The topological polar surface area (TPSA) is 74.7 Å². The molecule has 0 saturated carbocycles. The molecule has 3 N–H and O–H groups in total. The molecular weight excluding hydrogens is 192 g/mol. The van der Waals surface area contributed by atoms with Crippen LogP contribution in [-0.4, -0.2) is 16.0 Å². The predicted molar refractivity (Wildman–Crippen MR) is 59.7 cm³/mol. The van der Waals surface area contributed by atoms with Crippen LogP contribution in [0.1, 0.15) is 19.4 Å². The highest BCUT2D eigenvalue weighted by Gasteiger charge is 2.20. The Morgan fingerprint density at radius 2 is 2.13 bits per heavy atom. The van der Waals surface area contributed by atoms with Gasteiger partial charge in [0.2, 0.25) is 0 Å². The Morgan fingerprint density at radius 3 is 2.80 bits per heavy atom. The maximum atomic E-state index is 9.46. The molecule has 0 amide bonds. The highest BCUT2D eigenvalue weighted by Crippen LogP contribution is 2.23. The lowest BCUT2D eigenvalue weighted by atomic mass is 10.2. The molecule has 0 bridgehead atoms. The monoisotopic (exact) mass is 206 g/mol. The van der Waals surface area contributed by atoms with Gasteiger partial charge in [-0.25, -0.2) is 9.98 Å². The molecule has 0 spiro atoms. The fraction of sp³-hybridized carbons (Fsp3) is 0.200. The Bertz CT molecular complexity index is 400. The van der Waals surface area contributed by atoms with E-state index in [0.29, 0.717) is 17.2 Å². The van der Waals surface area contributed by atoms with Gasteiger partial charge in [-0.05, 0) is 12.1 Å². The number of anilines is 1. The third-order valence-corrected chi connectivity index (χ3v) is 1.76. The van der Waals surface area contributed by atoms with Crippen molar-refractivity contribution in [2.45, 2.75) is 13.8 Å². The number of amidine groups is 1. The molecule has 1 aromatic heterocycles. The van der Waals surface area contributed by atoms with E-state index in [1.807, 2.05) is 13.8 Å². The maximum absolute atomic E-state index is 9.46. The summed E-state index contributed by atoms with van der Waals surface area (Å²) in [5.74, 6) is 0.849. The third-order valence-electron chi connectivity index (χ3n) is 1.76. The lowest BCUT2D eigenvalue weighted by Gasteiger charge is -2.22. The van der Waals surface area contributed by atoms with Gasteiger partial charge in [0.1, 0.15) is 5.84 Å². The molecule has 0 radical (unpaired) electrons. The van der Waals surface area contributed by atoms with Crippen molar-refractivity contribution >= 4 is 11.7 Å². The summed E-state index contributed by atoms with van der Waals surface area (Å²) in [6.07, 6.45) is 1.56. The first-order chi connectivity index (χ1) is 7.20. The molecule has 0 aliphatic carbocycles. The van der Waals surface area contributed by atoms with E-state index in [1.165, 1.54) is 0 Å². The van der Waals surface area contributed by atoms with Gasteiger partial charge >= 0.3 is 0 Å². The van der Waals surface area contributed by atoms with Crippen LogP contribution >= 0.6 is 0 Å². The SMILES string of the molecule is C=C1N=C(N)c2cccnc2N1O.CC. The van der Waals surface area contributed by atoms with Crippen LogP contribution in [0, 0.1) is 0 Å². The average molecular weight is 206 g/mol. The number of fused-ring (bicyclic) bond motifs is 1. The summed E-state index contributed by atoms with van der Waals surface area (Å²) in [7, 11) is 0. The molecule has 0 saturated heterocycles. The quantitative estimate of drug-likeness (QED) is 0.674. The number of pyridine rings is 1. The molecule has 0 unspecified atom stereocenters. The number of nitrogens with two attached hydrogens (primary N) is 1. The molecule has 2 rings (SSSR count). The molecule has 80 valence electrons. The largest absolute Gasteiger partial charge is 0.383 e. The average Bonchev–Trinajstić information content (AvgIpc) is 2.29. The van der Waals surface area contributed by atoms with E-state index < -0.39 is 0 Å². The Labute approximate surface area is 88.5 Å². The number of rotatable bonds is 0. The fourth-order valence-corrected chi connectivity index (χ4v) is 1.13. The summed E-state index contributed by atoms with van der Waals surface area (Å²) >= 11 is 0. The first-order valence-corrected chi connectivity index (χ1v) is 4.67. The Balaban J connectivity index is 0.000000531. The molecular formula is C10H14N4O. The van der Waals surface area contributed by atoms with Crippen LogP contribution in [0.2, 0.25) is 0 Å². The van der Waals surface area contributed by atoms with E-state index in [4.69, 9.17) is 5.73 Å². The van der Waals surface area contributed by atoms with Crippen molar-refractivity contribution in [3.63, 3.8) is 0 Å². The van der Waals surface area contributed by atoms with Crippen LogP contribution in [0.4, 0.5) is 5.82 Å². The van der Waals surface area contributed by atoms with Gasteiger partial charge < -0.3 is 5.73 Å². The van der Waals surface area contributed by atoms with Gasteiger partial charge in [0.05, 0.1) is 5.56 Å². The van der Waals surface area contributed by atoms with Crippen LogP contribution < -0.4 is 10.8 Å². The third kappa shape index (κ3) is 1.97. The van der Waals surface area contributed by atoms with E-state index in [1.54, 1.807) is 18.3 Å². The molecule has 15 heavy (non-hydrogen) atoms. The molecule has 0 atom stereocenters. The van der Waals surface area contributed by atoms with Crippen LogP contribution in [0.3, 0.4) is 0 Å². The maximum Gasteiger partial charge on any atom is 0.170 e. The second-order valence-electron chi connectivity index (χ2n) is 2.60. The van der Waals surface area contributed by atoms with E-state index in [0.717, 1.165) is 5.06 Å². The number of aliphatic imine (C=N–C) groups is 1. The smallest absolute Gasteiger partial charge is 0.170 e. The number of hydroxylamine groups is 1. The van der Waals surface area contributed by atoms with Crippen molar-refractivity contribution < 1.29 is 5.21 Å². The number of nitrogens with zero attached hydrogens (tertiary/aromatic N) is 3. The zero-order chi connectivity index (χ0) is 11.4. The summed E-state index contributed by atoms with van der Waals surface area (Å²) in [5.41, 5.74) is 6.22. The molecule has 0 fully saturated rings. The van der Waals surface area contributed by atoms with E-state index >= 15 is 0 Å². The zero-order valence-electron chi connectivity index (χ0n) is 8.81. The van der Waals surface area contributed by atoms with Crippen molar-refractivity contribution in [1.29, 1.82) is 0 Å². The first-order valence-electron chi connectivity index (χ1n) is 4.67. The molecule has 1 aliphatic heterocycles. The Kier molecular flexibility index (Phi) is 3.41. The second-order valence-corrected chi connectivity index (χ2v) is 2.60. The van der Waals surface area contributed by atoms with Gasteiger partial charge in [-0.1, -0.05) is 20.4 Å². The van der Waals surface area contributed by atoms with Crippen molar-refractivity contribution in [1.82, 2.24) is 4.98 Å². The number of hydrogen-bond donors (Lipinski definition) is 2. The van der Waals surface area contributed by atoms with Gasteiger partial charge in [-0.3, -0.25) is 5.21 Å². The minimum absolute atomic E-state index is 0.170. The van der Waals surface area contributed by atoms with Crippen LogP contribution in [-0.2, 0) is 0 Å². The van der Waals surface area contributed by atoms with E-state index in [-0.39, 0.29) is 5.82 Å². The number of aromatic nitrogens is 1. The van der Waals surface area contributed by atoms with Gasteiger partial charge in [-0.2, -0.15) is 5.06 Å². The van der Waals surface area contributed by atoms with Gasteiger partial charge in [-0.15, -0.1) is 0 Å².